The van der Waals surface area contributed by atoms with E-state index in [0.29, 0.717) is 19.6 Å². The summed E-state index contributed by atoms with van der Waals surface area (Å²) in [5.41, 5.74) is -0.625. The molecule has 2 saturated heterocycles. The molecule has 2 heterocycles. The molecule has 0 spiro atoms. The predicted molar refractivity (Wildman–Crippen MR) is 108 cm³/mol. The van der Waals surface area contributed by atoms with Crippen LogP contribution in [0, 0.1) is 0 Å². The molecule has 2 fully saturated rings. The highest BCUT2D eigenvalue weighted by molar-refractivity contribution is 4.99. The zero-order valence-electron chi connectivity index (χ0n) is 18.8. The first kappa shape index (κ1) is 24.0. The molecule has 28 heavy (non-hydrogen) atoms. The van der Waals surface area contributed by atoms with Gasteiger partial charge in [-0.2, -0.15) is 0 Å². The lowest BCUT2D eigenvalue weighted by molar-refractivity contribution is -0.212. The molecule has 0 aromatic carbocycles. The fourth-order valence-electron chi connectivity index (χ4n) is 4.40. The summed E-state index contributed by atoms with van der Waals surface area (Å²) < 4.78 is 31.4. The van der Waals surface area contributed by atoms with Crippen molar-refractivity contribution in [2.75, 3.05) is 19.8 Å². The van der Waals surface area contributed by atoms with Gasteiger partial charge in [0, 0.05) is 13.0 Å². The normalized spacial score (nSPS) is 31.2. The van der Waals surface area contributed by atoms with E-state index >= 15 is 0 Å². The second kappa shape index (κ2) is 10.2. The van der Waals surface area contributed by atoms with Gasteiger partial charge in [-0.15, -0.1) is 0 Å². The van der Waals surface area contributed by atoms with Gasteiger partial charge < -0.3 is 28.8 Å². The standard InChI is InChI=1S/C22H42O6/c1-7-12-13-24-20(6,14-17-16-25-21(8-2,9-3)26-17)19-18(15-23)27-22(10-4,11-5)28-19/h17-19,23H,7-16H2,1-6H3. The number of hydrogen-bond donors (Lipinski definition) is 1. The van der Waals surface area contributed by atoms with E-state index in [1.54, 1.807) is 0 Å². The van der Waals surface area contributed by atoms with E-state index in [9.17, 15) is 5.11 Å². The number of aliphatic hydroxyl groups excluding tert-OH is 1. The lowest BCUT2D eigenvalue weighted by atomic mass is 9.88. The summed E-state index contributed by atoms with van der Waals surface area (Å²) >= 11 is 0. The molecule has 2 rings (SSSR count). The first-order chi connectivity index (χ1) is 13.3. The Morgan fingerprint density at radius 1 is 0.964 bits per heavy atom. The van der Waals surface area contributed by atoms with E-state index in [1.165, 1.54) is 0 Å². The number of ether oxygens (including phenoxy) is 5. The highest BCUT2D eigenvalue weighted by atomic mass is 16.8. The van der Waals surface area contributed by atoms with E-state index in [4.69, 9.17) is 23.7 Å². The van der Waals surface area contributed by atoms with E-state index in [1.807, 2.05) is 0 Å². The van der Waals surface area contributed by atoms with Gasteiger partial charge in [0.25, 0.3) is 0 Å². The molecule has 6 heteroatoms. The molecule has 0 aromatic heterocycles. The van der Waals surface area contributed by atoms with Crippen LogP contribution in [-0.4, -0.2) is 60.4 Å². The summed E-state index contributed by atoms with van der Waals surface area (Å²) in [6, 6.07) is 0. The maximum atomic E-state index is 10.00. The summed E-state index contributed by atoms with van der Waals surface area (Å²) in [6.07, 6.45) is 4.99. The summed E-state index contributed by atoms with van der Waals surface area (Å²) in [6.45, 7) is 13.6. The van der Waals surface area contributed by atoms with Crippen LogP contribution in [0.4, 0.5) is 0 Å². The Hall–Kier alpha value is -0.240. The number of unbranched alkanes of at least 4 members (excludes halogenated alkanes) is 1. The SMILES string of the molecule is CCCCOC(C)(CC1COC(CC)(CC)O1)C1OC(CC)(CC)OC1CO. The van der Waals surface area contributed by atoms with Crippen molar-refractivity contribution in [3.63, 3.8) is 0 Å². The van der Waals surface area contributed by atoms with Crippen LogP contribution in [0.2, 0.25) is 0 Å². The molecular formula is C22H42O6. The molecule has 0 aromatic rings. The number of aliphatic hydroxyl groups is 1. The van der Waals surface area contributed by atoms with Crippen LogP contribution in [0.5, 0.6) is 0 Å². The first-order valence-corrected chi connectivity index (χ1v) is 11.3. The topological polar surface area (TPSA) is 66.4 Å². The van der Waals surface area contributed by atoms with Crippen molar-refractivity contribution in [3.05, 3.63) is 0 Å². The van der Waals surface area contributed by atoms with Gasteiger partial charge in [0.1, 0.15) is 12.2 Å². The summed E-state index contributed by atoms with van der Waals surface area (Å²) in [4.78, 5) is 0. The highest BCUT2D eigenvalue weighted by Gasteiger charge is 2.55. The lowest BCUT2D eigenvalue weighted by Crippen LogP contribution is -2.51. The minimum absolute atomic E-state index is 0.0623. The Kier molecular flexibility index (Phi) is 8.74. The van der Waals surface area contributed by atoms with Crippen molar-refractivity contribution < 1.29 is 28.8 Å². The molecule has 0 amide bonds. The molecule has 1 N–H and O–H groups in total. The zero-order chi connectivity index (χ0) is 20.8. The second-order valence-corrected chi connectivity index (χ2v) is 8.38. The fourth-order valence-corrected chi connectivity index (χ4v) is 4.40. The minimum atomic E-state index is -0.656. The first-order valence-electron chi connectivity index (χ1n) is 11.3. The zero-order valence-corrected chi connectivity index (χ0v) is 18.8. The minimum Gasteiger partial charge on any atom is -0.394 e. The van der Waals surface area contributed by atoms with Crippen molar-refractivity contribution in [1.82, 2.24) is 0 Å². The van der Waals surface area contributed by atoms with Crippen molar-refractivity contribution in [3.8, 4) is 0 Å². The van der Waals surface area contributed by atoms with Crippen LogP contribution >= 0.6 is 0 Å². The van der Waals surface area contributed by atoms with Crippen LogP contribution in [0.1, 0.15) is 86.5 Å². The lowest BCUT2D eigenvalue weighted by Gasteiger charge is -2.39. The Morgan fingerprint density at radius 2 is 1.61 bits per heavy atom. The average Bonchev–Trinajstić information content (AvgIpc) is 3.31. The van der Waals surface area contributed by atoms with E-state index in [0.717, 1.165) is 38.5 Å². The smallest absolute Gasteiger partial charge is 0.169 e. The molecule has 4 unspecified atom stereocenters. The molecule has 0 aliphatic carbocycles. The van der Waals surface area contributed by atoms with Crippen molar-refractivity contribution >= 4 is 0 Å². The number of rotatable bonds is 12. The van der Waals surface area contributed by atoms with E-state index < -0.39 is 23.3 Å². The van der Waals surface area contributed by atoms with Gasteiger partial charge in [0.05, 0.1) is 24.9 Å². The van der Waals surface area contributed by atoms with Crippen molar-refractivity contribution in [1.29, 1.82) is 0 Å². The third-order valence-electron chi connectivity index (χ3n) is 6.46. The largest absolute Gasteiger partial charge is 0.394 e. The van der Waals surface area contributed by atoms with Crippen molar-refractivity contribution in [2.24, 2.45) is 0 Å². The van der Waals surface area contributed by atoms with E-state index in [2.05, 4.69) is 41.5 Å². The van der Waals surface area contributed by atoms with Crippen LogP contribution in [0.15, 0.2) is 0 Å². The molecule has 0 bridgehead atoms. The Bertz CT molecular complexity index is 462. The maximum absolute atomic E-state index is 10.00. The molecule has 0 radical (unpaired) electrons. The molecule has 166 valence electrons. The van der Waals surface area contributed by atoms with Gasteiger partial charge in [-0.1, -0.05) is 41.0 Å². The predicted octanol–water partition coefficient (Wildman–Crippen LogP) is 4.18. The van der Waals surface area contributed by atoms with Crippen LogP contribution < -0.4 is 0 Å². The molecule has 4 atom stereocenters. The molecule has 2 aliphatic rings. The second-order valence-electron chi connectivity index (χ2n) is 8.38. The molecule has 6 nitrogen and oxygen atoms in total. The molecule has 2 aliphatic heterocycles. The molecule has 0 saturated carbocycles. The van der Waals surface area contributed by atoms with Crippen molar-refractivity contribution in [2.45, 2.75) is 122 Å². The Labute approximate surface area is 171 Å². The van der Waals surface area contributed by atoms with Gasteiger partial charge in [-0.25, -0.2) is 0 Å². The van der Waals surface area contributed by atoms with Crippen LogP contribution in [-0.2, 0) is 23.7 Å². The van der Waals surface area contributed by atoms with Gasteiger partial charge in [-0.3, -0.25) is 0 Å². The molecular weight excluding hydrogens is 360 g/mol. The summed E-state index contributed by atoms with van der Waals surface area (Å²) in [5.74, 6) is -1.15. The summed E-state index contributed by atoms with van der Waals surface area (Å²) in [5, 5.41) is 10.00. The highest BCUT2D eigenvalue weighted by Crippen LogP contribution is 2.43. The Morgan fingerprint density at radius 3 is 2.11 bits per heavy atom. The quantitative estimate of drug-likeness (QED) is 0.494. The summed E-state index contributed by atoms with van der Waals surface area (Å²) in [7, 11) is 0. The average molecular weight is 403 g/mol. The van der Waals surface area contributed by atoms with Crippen LogP contribution in [0.3, 0.4) is 0 Å². The fraction of sp³-hybridized carbons (Fsp3) is 1.00. The van der Waals surface area contributed by atoms with Gasteiger partial charge in [-0.05, 0) is 39.0 Å². The monoisotopic (exact) mass is 402 g/mol. The van der Waals surface area contributed by atoms with Gasteiger partial charge in [0.15, 0.2) is 11.6 Å². The van der Waals surface area contributed by atoms with Gasteiger partial charge in [0.2, 0.25) is 0 Å². The van der Waals surface area contributed by atoms with E-state index in [-0.39, 0.29) is 18.8 Å². The number of hydrogen-bond acceptors (Lipinski definition) is 6. The maximum Gasteiger partial charge on any atom is 0.169 e. The third-order valence-corrected chi connectivity index (χ3v) is 6.46. The third kappa shape index (κ3) is 5.08. The van der Waals surface area contributed by atoms with Crippen LogP contribution in [0.25, 0.3) is 0 Å². The Balaban J connectivity index is 2.20. The van der Waals surface area contributed by atoms with Gasteiger partial charge >= 0.3 is 0 Å².